The molecule has 4 aromatic rings. The van der Waals surface area contributed by atoms with Crippen LogP contribution in [0.1, 0.15) is 43.5 Å². The Balaban J connectivity index is 1.40. The van der Waals surface area contributed by atoms with Gasteiger partial charge in [-0.2, -0.15) is 10.1 Å². The standard InChI is InChI=1S/C23H26FN7O/c1-23(2,24)13-28-21(32)18-12-29-31-8-6-15(9-19(18)31)16-10-26-20-17(16)11-27-22(30-20)25-7-5-14-3-4-14/h6,8-12,14H,3-5,7,13H2,1-2H3,(H,28,32)(H2,25,26,27,30). The van der Waals surface area contributed by atoms with Gasteiger partial charge >= 0.3 is 0 Å². The molecule has 0 aliphatic heterocycles. The predicted molar refractivity (Wildman–Crippen MR) is 121 cm³/mol. The molecule has 1 aliphatic carbocycles. The van der Waals surface area contributed by atoms with Crippen molar-refractivity contribution in [2.24, 2.45) is 5.92 Å². The van der Waals surface area contributed by atoms with Gasteiger partial charge in [-0.3, -0.25) is 4.79 Å². The fourth-order valence-electron chi connectivity index (χ4n) is 3.73. The fourth-order valence-corrected chi connectivity index (χ4v) is 3.73. The van der Waals surface area contributed by atoms with Crippen molar-refractivity contribution in [1.82, 2.24) is 29.9 Å². The Hall–Kier alpha value is -3.49. The third kappa shape index (κ3) is 4.28. The van der Waals surface area contributed by atoms with Crippen LogP contribution >= 0.6 is 0 Å². The summed E-state index contributed by atoms with van der Waals surface area (Å²) < 4.78 is 15.4. The first-order valence-corrected chi connectivity index (χ1v) is 10.9. The number of halogens is 1. The second-order valence-electron chi connectivity index (χ2n) is 9.02. The number of fused-ring (bicyclic) bond motifs is 2. The number of nitrogens with one attached hydrogen (secondary N) is 3. The monoisotopic (exact) mass is 435 g/mol. The van der Waals surface area contributed by atoms with E-state index in [9.17, 15) is 9.18 Å². The highest BCUT2D eigenvalue weighted by Crippen LogP contribution is 2.32. The van der Waals surface area contributed by atoms with Gasteiger partial charge in [-0.05, 0) is 43.9 Å². The molecule has 32 heavy (non-hydrogen) atoms. The van der Waals surface area contributed by atoms with Crippen molar-refractivity contribution in [3.05, 3.63) is 42.5 Å². The first-order valence-electron chi connectivity index (χ1n) is 10.9. The van der Waals surface area contributed by atoms with Crippen LogP contribution in [0.4, 0.5) is 10.3 Å². The molecular weight excluding hydrogens is 409 g/mol. The van der Waals surface area contributed by atoms with Gasteiger partial charge in [0.05, 0.1) is 23.8 Å². The van der Waals surface area contributed by atoms with Crippen LogP contribution in [0.15, 0.2) is 36.9 Å². The molecule has 3 N–H and O–H groups in total. The number of nitrogens with zero attached hydrogens (tertiary/aromatic N) is 4. The van der Waals surface area contributed by atoms with Crippen LogP contribution < -0.4 is 10.6 Å². The molecule has 0 atom stereocenters. The molecule has 1 saturated carbocycles. The van der Waals surface area contributed by atoms with Crippen LogP contribution in [0, 0.1) is 5.92 Å². The third-order valence-electron chi connectivity index (χ3n) is 5.71. The Morgan fingerprint density at radius 1 is 1.34 bits per heavy atom. The van der Waals surface area contributed by atoms with Gasteiger partial charge in [0.1, 0.15) is 11.3 Å². The molecule has 0 radical (unpaired) electrons. The number of pyridine rings is 1. The average molecular weight is 436 g/mol. The maximum atomic E-state index is 13.8. The third-order valence-corrected chi connectivity index (χ3v) is 5.71. The van der Waals surface area contributed by atoms with E-state index in [0.29, 0.717) is 17.0 Å². The molecule has 4 aromatic heterocycles. The van der Waals surface area contributed by atoms with Gasteiger partial charge < -0.3 is 15.6 Å². The highest BCUT2D eigenvalue weighted by Gasteiger charge is 2.21. The summed E-state index contributed by atoms with van der Waals surface area (Å²) in [6.45, 7) is 3.66. The lowest BCUT2D eigenvalue weighted by Crippen LogP contribution is -2.35. The van der Waals surface area contributed by atoms with Crippen LogP contribution in [0.25, 0.3) is 27.7 Å². The Bertz CT molecular complexity index is 1280. The van der Waals surface area contributed by atoms with E-state index < -0.39 is 5.67 Å². The van der Waals surface area contributed by atoms with Crippen molar-refractivity contribution in [2.75, 3.05) is 18.4 Å². The average Bonchev–Trinajstić information content (AvgIpc) is 3.33. The fraction of sp³-hybridized carbons (Fsp3) is 0.391. The molecule has 0 unspecified atom stereocenters. The van der Waals surface area contributed by atoms with Crippen molar-refractivity contribution in [2.45, 2.75) is 38.8 Å². The quantitative estimate of drug-likeness (QED) is 0.389. The summed E-state index contributed by atoms with van der Waals surface area (Å²) in [5.74, 6) is 1.12. The molecule has 0 aromatic carbocycles. The number of H-pyrrole nitrogens is 1. The molecule has 0 saturated heterocycles. The van der Waals surface area contributed by atoms with Gasteiger partial charge in [0, 0.05) is 36.1 Å². The minimum absolute atomic E-state index is 0.0698. The van der Waals surface area contributed by atoms with Gasteiger partial charge in [-0.25, -0.2) is 13.9 Å². The molecular formula is C23H26FN7O. The summed E-state index contributed by atoms with van der Waals surface area (Å²) >= 11 is 0. The number of hydrogen-bond acceptors (Lipinski definition) is 5. The van der Waals surface area contributed by atoms with Crippen molar-refractivity contribution in [1.29, 1.82) is 0 Å². The minimum atomic E-state index is -1.49. The smallest absolute Gasteiger partial charge is 0.255 e. The largest absolute Gasteiger partial charge is 0.354 e. The Kier molecular flexibility index (Phi) is 5.03. The van der Waals surface area contributed by atoms with Gasteiger partial charge in [-0.1, -0.05) is 12.8 Å². The molecule has 0 spiro atoms. The lowest BCUT2D eigenvalue weighted by atomic mass is 10.1. The Morgan fingerprint density at radius 2 is 2.19 bits per heavy atom. The van der Waals surface area contributed by atoms with Gasteiger partial charge in [0.25, 0.3) is 5.91 Å². The van der Waals surface area contributed by atoms with E-state index in [1.165, 1.54) is 32.9 Å². The summed E-state index contributed by atoms with van der Waals surface area (Å²) in [5, 5.41) is 11.1. The molecule has 9 heteroatoms. The second kappa shape index (κ2) is 7.89. The van der Waals surface area contributed by atoms with E-state index in [2.05, 4.69) is 30.7 Å². The number of carbonyl (C=O) groups excluding carboxylic acids is 1. The highest BCUT2D eigenvalue weighted by atomic mass is 19.1. The first kappa shape index (κ1) is 20.4. The van der Waals surface area contributed by atoms with Crippen molar-refractivity contribution >= 4 is 28.4 Å². The van der Waals surface area contributed by atoms with E-state index in [1.54, 1.807) is 10.7 Å². The molecule has 0 bridgehead atoms. The molecule has 1 aliphatic rings. The summed E-state index contributed by atoms with van der Waals surface area (Å²) in [7, 11) is 0. The number of aromatic amines is 1. The van der Waals surface area contributed by atoms with Crippen molar-refractivity contribution < 1.29 is 9.18 Å². The van der Waals surface area contributed by atoms with E-state index >= 15 is 0 Å². The number of carbonyl (C=O) groups is 1. The number of amides is 1. The van der Waals surface area contributed by atoms with E-state index in [1.807, 2.05) is 24.5 Å². The molecule has 1 amide bonds. The topological polar surface area (TPSA) is 100 Å². The second-order valence-corrected chi connectivity index (χ2v) is 9.02. The maximum absolute atomic E-state index is 13.8. The molecule has 1 fully saturated rings. The zero-order valence-corrected chi connectivity index (χ0v) is 18.2. The zero-order chi connectivity index (χ0) is 22.3. The molecule has 8 nitrogen and oxygen atoms in total. The number of alkyl halides is 1. The summed E-state index contributed by atoms with van der Waals surface area (Å²) in [6, 6.07) is 3.82. The van der Waals surface area contributed by atoms with E-state index in [4.69, 9.17) is 0 Å². The lowest BCUT2D eigenvalue weighted by Gasteiger charge is -2.14. The normalized spacial score (nSPS) is 14.2. The molecule has 166 valence electrons. The Morgan fingerprint density at radius 3 is 2.97 bits per heavy atom. The summed E-state index contributed by atoms with van der Waals surface area (Å²) in [4.78, 5) is 24.9. The van der Waals surface area contributed by atoms with Gasteiger partial charge in [0.15, 0.2) is 0 Å². The van der Waals surface area contributed by atoms with E-state index in [0.717, 1.165) is 41.0 Å². The minimum Gasteiger partial charge on any atom is -0.354 e. The zero-order valence-electron chi connectivity index (χ0n) is 18.2. The van der Waals surface area contributed by atoms with Gasteiger partial charge in [0.2, 0.25) is 5.95 Å². The Labute approximate surface area is 184 Å². The van der Waals surface area contributed by atoms with Crippen LogP contribution in [0.2, 0.25) is 0 Å². The summed E-state index contributed by atoms with van der Waals surface area (Å²) in [6.07, 6.45) is 10.8. The molecule has 5 rings (SSSR count). The maximum Gasteiger partial charge on any atom is 0.255 e. The van der Waals surface area contributed by atoms with Crippen LogP contribution in [-0.2, 0) is 0 Å². The van der Waals surface area contributed by atoms with Crippen molar-refractivity contribution in [3.8, 4) is 11.1 Å². The SMILES string of the molecule is CC(C)(F)CNC(=O)c1cnn2ccc(-c3c[nH]c4nc(NCCC5CC5)ncc34)cc12. The lowest BCUT2D eigenvalue weighted by molar-refractivity contribution is 0.0922. The van der Waals surface area contributed by atoms with Crippen LogP contribution in [0.3, 0.4) is 0 Å². The van der Waals surface area contributed by atoms with Crippen LogP contribution in [0.5, 0.6) is 0 Å². The highest BCUT2D eigenvalue weighted by molar-refractivity contribution is 6.02. The summed E-state index contributed by atoms with van der Waals surface area (Å²) in [5.41, 5.74) is 2.14. The first-order chi connectivity index (χ1) is 15.4. The van der Waals surface area contributed by atoms with Crippen LogP contribution in [-0.4, -0.2) is 49.2 Å². The molecule has 4 heterocycles. The number of anilines is 1. The van der Waals surface area contributed by atoms with Crippen molar-refractivity contribution in [3.63, 3.8) is 0 Å². The predicted octanol–water partition coefficient (Wildman–Crippen LogP) is 3.96. The van der Waals surface area contributed by atoms with E-state index in [-0.39, 0.29) is 12.5 Å². The number of hydrogen-bond donors (Lipinski definition) is 3. The van der Waals surface area contributed by atoms with Gasteiger partial charge in [-0.15, -0.1) is 0 Å². The number of rotatable bonds is 8. The number of aromatic nitrogens is 5.